The van der Waals surface area contributed by atoms with Crippen LogP contribution >= 0.6 is 56.6 Å². The van der Waals surface area contributed by atoms with Gasteiger partial charge in [-0.05, 0) is 42.4 Å². The molecule has 0 spiro atoms. The number of thiazole rings is 3. The Bertz CT molecular complexity index is 1400. The summed E-state index contributed by atoms with van der Waals surface area (Å²) in [6, 6.07) is -1.29. The normalized spacial score (nSPS) is 12.6. The minimum absolute atomic E-state index is 0.0653. The molecule has 3 N–H and O–H groups in total. The summed E-state index contributed by atoms with van der Waals surface area (Å²) in [7, 11) is 3.03. The van der Waals surface area contributed by atoms with E-state index in [1.165, 1.54) is 48.2 Å². The highest BCUT2D eigenvalue weighted by atomic mass is 127. The molecule has 3 amide bonds. The van der Waals surface area contributed by atoms with E-state index >= 15 is 0 Å². The quantitative estimate of drug-likeness (QED) is 0.174. The van der Waals surface area contributed by atoms with Crippen molar-refractivity contribution < 1.29 is 28.7 Å². The van der Waals surface area contributed by atoms with Crippen LogP contribution in [0.4, 0.5) is 0 Å². The second-order valence-corrected chi connectivity index (χ2v) is 14.0. The number of hydrogen-bond acceptors (Lipinski definition) is 12. The molecule has 12 nitrogen and oxygen atoms in total. The lowest BCUT2D eigenvalue weighted by Crippen LogP contribution is -2.34. The lowest BCUT2D eigenvalue weighted by molar-refractivity contribution is -0.121. The largest absolute Gasteiger partial charge is 0.461 e. The van der Waals surface area contributed by atoms with Gasteiger partial charge in [0.2, 0.25) is 5.91 Å². The maximum Gasteiger partial charge on any atom is 0.358 e. The fraction of sp³-hybridized carbons (Fsp3) is 0.480. The molecule has 2 atom stereocenters. The van der Waals surface area contributed by atoms with Crippen LogP contribution in [-0.2, 0) is 20.9 Å². The summed E-state index contributed by atoms with van der Waals surface area (Å²) in [5.74, 6) is -1.80. The molecule has 0 bridgehead atoms. The van der Waals surface area contributed by atoms with Crippen LogP contribution in [0.5, 0.6) is 0 Å². The fourth-order valence-corrected chi connectivity index (χ4v) is 7.05. The molecule has 0 fully saturated rings. The standard InChI is InChI=1S/C25H31IN6O6S3/c1-7-38-24(36)19-15(9-37-6)41-23(32-19)17(11(2)3)30-21(35)18-12(4)40-22(31-18)13(8-16(33)27-5)28-20(34)14-10-39-25(26)29-14/h10-11,13,17H,7-9H2,1-6H3,(H,27,33)(H,28,34)(H,30,35)/t13-,17-/m0/s1. The molecule has 3 heterocycles. The predicted molar refractivity (Wildman–Crippen MR) is 164 cm³/mol. The van der Waals surface area contributed by atoms with Gasteiger partial charge in [0, 0.05) is 24.4 Å². The number of carbonyl (C=O) groups is 4. The first-order valence-electron chi connectivity index (χ1n) is 12.5. The number of aromatic nitrogens is 3. The number of aryl methyl sites for hydroxylation is 1. The number of nitrogens with zero attached hydrogens (tertiary/aromatic N) is 3. The van der Waals surface area contributed by atoms with Crippen LogP contribution in [0.15, 0.2) is 5.38 Å². The third kappa shape index (κ3) is 8.50. The molecular weight excluding hydrogens is 703 g/mol. The Kier molecular flexibility index (Phi) is 12.1. The monoisotopic (exact) mass is 734 g/mol. The van der Waals surface area contributed by atoms with Gasteiger partial charge in [0.1, 0.15) is 21.4 Å². The molecule has 3 rings (SSSR count). The van der Waals surface area contributed by atoms with Gasteiger partial charge in [-0.3, -0.25) is 14.4 Å². The van der Waals surface area contributed by atoms with E-state index in [1.807, 2.05) is 36.4 Å². The second-order valence-electron chi connectivity index (χ2n) is 9.02. The van der Waals surface area contributed by atoms with Crippen molar-refractivity contribution in [1.82, 2.24) is 30.9 Å². The van der Waals surface area contributed by atoms with Gasteiger partial charge in [-0.25, -0.2) is 19.7 Å². The molecule has 0 unspecified atom stereocenters. The van der Waals surface area contributed by atoms with Crippen LogP contribution in [0.25, 0.3) is 0 Å². The number of nitrogens with one attached hydrogen (secondary N) is 3. The van der Waals surface area contributed by atoms with E-state index in [9.17, 15) is 19.2 Å². The van der Waals surface area contributed by atoms with Crippen LogP contribution in [0.3, 0.4) is 0 Å². The molecule has 0 saturated heterocycles. The van der Waals surface area contributed by atoms with E-state index in [-0.39, 0.29) is 48.5 Å². The van der Waals surface area contributed by atoms with Crippen LogP contribution < -0.4 is 16.0 Å². The molecule has 222 valence electrons. The Balaban J connectivity index is 1.87. The Morgan fingerprint density at radius 1 is 1.02 bits per heavy atom. The Hall–Kier alpha value is -2.54. The first-order valence-corrected chi connectivity index (χ1v) is 16.1. The summed E-state index contributed by atoms with van der Waals surface area (Å²) in [5.41, 5.74) is 0.586. The lowest BCUT2D eigenvalue weighted by Gasteiger charge is -2.20. The summed E-state index contributed by atoms with van der Waals surface area (Å²) in [5, 5.41) is 11.0. The number of amides is 3. The zero-order chi connectivity index (χ0) is 30.3. The highest BCUT2D eigenvalue weighted by molar-refractivity contribution is 14.1. The molecular formula is C25H31IN6O6S3. The lowest BCUT2D eigenvalue weighted by atomic mass is 10.0. The number of carbonyl (C=O) groups excluding carboxylic acids is 4. The average Bonchev–Trinajstić information content (AvgIpc) is 3.65. The molecule has 0 aliphatic heterocycles. The Labute approximate surface area is 263 Å². The molecule has 0 aromatic carbocycles. The van der Waals surface area contributed by atoms with Crippen LogP contribution in [-0.4, -0.2) is 59.4 Å². The fourth-order valence-electron chi connectivity index (χ4n) is 3.67. The third-order valence-electron chi connectivity index (χ3n) is 5.69. The number of ether oxygens (including phenoxy) is 2. The first kappa shape index (κ1) is 33.0. The molecule has 3 aromatic rings. The highest BCUT2D eigenvalue weighted by Gasteiger charge is 2.30. The molecule has 0 saturated carbocycles. The first-order chi connectivity index (χ1) is 19.5. The number of methoxy groups -OCH3 is 1. The van der Waals surface area contributed by atoms with Gasteiger partial charge in [0.25, 0.3) is 11.8 Å². The van der Waals surface area contributed by atoms with Crippen molar-refractivity contribution in [2.45, 2.75) is 52.8 Å². The van der Waals surface area contributed by atoms with Crippen LogP contribution in [0, 0.1) is 15.9 Å². The van der Waals surface area contributed by atoms with Crippen molar-refractivity contribution >= 4 is 80.3 Å². The van der Waals surface area contributed by atoms with E-state index in [0.717, 1.165) is 0 Å². The SMILES string of the molecule is CCOC(=O)c1nc([C@@H](NC(=O)c2nc([C@H](CC(=O)NC)NC(=O)c3csc(I)n3)sc2C)C(C)C)sc1COC. The number of rotatable bonds is 13. The van der Waals surface area contributed by atoms with E-state index < -0.39 is 29.9 Å². The zero-order valence-corrected chi connectivity index (χ0v) is 27.9. The van der Waals surface area contributed by atoms with Crippen LogP contribution in [0.1, 0.15) is 90.5 Å². The minimum atomic E-state index is -0.768. The summed E-state index contributed by atoms with van der Waals surface area (Å²) in [6.45, 7) is 7.71. The summed E-state index contributed by atoms with van der Waals surface area (Å²) < 4.78 is 11.1. The van der Waals surface area contributed by atoms with Gasteiger partial charge in [-0.2, -0.15) is 0 Å². The molecule has 16 heteroatoms. The topological polar surface area (TPSA) is 161 Å². The second kappa shape index (κ2) is 15.1. The van der Waals surface area contributed by atoms with Gasteiger partial charge in [0.05, 0.1) is 36.6 Å². The van der Waals surface area contributed by atoms with Gasteiger partial charge < -0.3 is 25.4 Å². The molecule has 0 aliphatic rings. The highest BCUT2D eigenvalue weighted by Crippen LogP contribution is 2.31. The van der Waals surface area contributed by atoms with Crippen molar-refractivity contribution in [2.75, 3.05) is 20.8 Å². The molecule has 3 aromatic heterocycles. The number of esters is 1. The summed E-state index contributed by atoms with van der Waals surface area (Å²) >= 11 is 5.86. The van der Waals surface area contributed by atoms with Crippen molar-refractivity contribution in [2.24, 2.45) is 5.92 Å². The number of halogens is 1. The number of hydrogen-bond donors (Lipinski definition) is 3. The van der Waals surface area contributed by atoms with Gasteiger partial charge in [0.15, 0.2) is 8.71 Å². The smallest absolute Gasteiger partial charge is 0.358 e. The summed E-state index contributed by atoms with van der Waals surface area (Å²) in [4.78, 5) is 65.5. The van der Waals surface area contributed by atoms with Gasteiger partial charge in [-0.1, -0.05) is 13.8 Å². The van der Waals surface area contributed by atoms with Crippen molar-refractivity contribution in [3.05, 3.63) is 45.2 Å². The van der Waals surface area contributed by atoms with Crippen LogP contribution in [0.2, 0.25) is 0 Å². The van der Waals surface area contributed by atoms with E-state index in [2.05, 4.69) is 30.9 Å². The van der Waals surface area contributed by atoms with Crippen molar-refractivity contribution in [3.8, 4) is 0 Å². The summed E-state index contributed by atoms with van der Waals surface area (Å²) in [6.07, 6.45) is -0.0653. The minimum Gasteiger partial charge on any atom is -0.461 e. The maximum atomic E-state index is 13.5. The van der Waals surface area contributed by atoms with Crippen molar-refractivity contribution in [1.29, 1.82) is 0 Å². The Morgan fingerprint density at radius 3 is 2.32 bits per heavy atom. The molecule has 0 aliphatic carbocycles. The third-order valence-corrected chi connectivity index (χ3v) is 9.51. The van der Waals surface area contributed by atoms with E-state index in [0.29, 0.717) is 22.8 Å². The molecule has 41 heavy (non-hydrogen) atoms. The van der Waals surface area contributed by atoms with E-state index in [1.54, 1.807) is 19.2 Å². The maximum absolute atomic E-state index is 13.5. The van der Waals surface area contributed by atoms with E-state index in [4.69, 9.17) is 9.47 Å². The predicted octanol–water partition coefficient (Wildman–Crippen LogP) is 4.03. The van der Waals surface area contributed by atoms with Gasteiger partial charge >= 0.3 is 5.97 Å². The zero-order valence-electron chi connectivity index (χ0n) is 23.3. The Morgan fingerprint density at radius 2 is 1.73 bits per heavy atom. The van der Waals surface area contributed by atoms with Crippen molar-refractivity contribution in [3.63, 3.8) is 0 Å². The average molecular weight is 735 g/mol. The molecule has 0 radical (unpaired) electrons. The van der Waals surface area contributed by atoms with Gasteiger partial charge in [-0.15, -0.1) is 34.0 Å².